The van der Waals surface area contributed by atoms with Gasteiger partial charge in [-0.3, -0.25) is 19.1 Å². The molecule has 0 spiro atoms. The summed E-state index contributed by atoms with van der Waals surface area (Å²) in [4.78, 5) is 37.0. The highest BCUT2D eigenvalue weighted by Gasteiger charge is 2.41. The fraction of sp³-hybridized carbons (Fsp3) is 0.769. The lowest BCUT2D eigenvalue weighted by molar-refractivity contribution is -0.139. The normalized spacial score (nSPS) is 31.0. The number of rotatable bonds is 4. The number of hydrogen-bond donors (Lipinski definition) is 1. The second-order valence-corrected chi connectivity index (χ2v) is 7.00. The van der Waals surface area contributed by atoms with E-state index in [1.807, 2.05) is 0 Å². The Kier molecular flexibility index (Phi) is 5.49. The van der Waals surface area contributed by atoms with Crippen LogP contribution in [0.3, 0.4) is 0 Å². The van der Waals surface area contributed by atoms with Gasteiger partial charge in [-0.05, 0) is 40.6 Å². The quantitative estimate of drug-likeness (QED) is 0.592. The van der Waals surface area contributed by atoms with E-state index in [2.05, 4.69) is 29.7 Å². The van der Waals surface area contributed by atoms with Gasteiger partial charge in [0.05, 0.1) is 4.83 Å². The number of ketones is 1. The number of halogens is 1. The van der Waals surface area contributed by atoms with E-state index in [-0.39, 0.29) is 22.4 Å². The lowest BCUT2D eigenvalue weighted by Crippen LogP contribution is -2.49. The largest absolute Gasteiger partial charge is 0.368 e. The minimum Gasteiger partial charge on any atom is -0.368 e. The van der Waals surface area contributed by atoms with E-state index in [1.165, 1.54) is 4.90 Å². The Morgan fingerprint density at radius 1 is 1.43 bits per heavy atom. The van der Waals surface area contributed by atoms with Crippen molar-refractivity contribution in [2.75, 3.05) is 6.54 Å². The predicted molar refractivity (Wildman–Crippen MR) is 83.5 cm³/mol. The van der Waals surface area contributed by atoms with Crippen molar-refractivity contribution in [3.8, 4) is 0 Å². The van der Waals surface area contributed by atoms with Gasteiger partial charge in [0.25, 0.3) is 0 Å². The molecule has 21 heavy (non-hydrogen) atoms. The molecule has 4 unspecified atom stereocenters. The molecule has 0 bridgehead atoms. The molecule has 2 rings (SSSR count). The molecule has 0 aromatic rings. The number of alkyl halides is 1. The number of nitrogens with two attached hydrogens (primary N) is 1. The zero-order chi connectivity index (χ0) is 15.6. The molecular weight excluding hydrogens is 357 g/mol. The number of nitrogens with zero attached hydrogens (tertiary/aromatic N) is 2. The van der Waals surface area contributed by atoms with Crippen LogP contribution in [0.15, 0.2) is 4.74 Å². The van der Waals surface area contributed by atoms with Crippen LogP contribution in [0.25, 0.3) is 0 Å². The minimum atomic E-state index is -0.574. The third kappa shape index (κ3) is 3.51. The molecule has 1 saturated carbocycles. The number of primary amides is 1. The maximum Gasteiger partial charge on any atom is 0.248 e. The van der Waals surface area contributed by atoms with Crippen molar-refractivity contribution < 1.29 is 14.4 Å². The summed E-state index contributed by atoms with van der Waals surface area (Å²) in [5, 5.41) is 0. The molecule has 0 radical (unpaired) electrons. The van der Waals surface area contributed by atoms with Crippen molar-refractivity contribution >= 4 is 42.6 Å². The van der Waals surface area contributed by atoms with Gasteiger partial charge in [0.15, 0.2) is 0 Å². The first-order valence-electron chi connectivity index (χ1n) is 7.09. The van der Waals surface area contributed by atoms with Crippen LogP contribution in [0.2, 0.25) is 0 Å². The SMILES string of the molecule is NC(=O)C1CCCN1C(=O)C(N=P)C1CCC(=O)C(Br)C1. The van der Waals surface area contributed by atoms with Crippen LogP contribution >= 0.6 is 25.0 Å². The molecule has 2 amide bonds. The first-order chi connectivity index (χ1) is 9.95. The molecule has 1 aliphatic carbocycles. The number of likely N-dealkylation sites (tertiary alicyclic amines) is 1. The second-order valence-electron chi connectivity index (χ2n) is 5.63. The summed E-state index contributed by atoms with van der Waals surface area (Å²) < 4.78 is 4.04. The maximum absolute atomic E-state index is 12.7. The van der Waals surface area contributed by atoms with Gasteiger partial charge in [-0.25, -0.2) is 0 Å². The zero-order valence-corrected chi connectivity index (χ0v) is 14.2. The van der Waals surface area contributed by atoms with Gasteiger partial charge in [0.1, 0.15) is 17.9 Å². The van der Waals surface area contributed by atoms with E-state index in [9.17, 15) is 14.4 Å². The van der Waals surface area contributed by atoms with Crippen molar-refractivity contribution in [1.29, 1.82) is 0 Å². The van der Waals surface area contributed by atoms with Gasteiger partial charge >= 0.3 is 0 Å². The molecule has 1 heterocycles. The zero-order valence-electron chi connectivity index (χ0n) is 11.6. The molecule has 1 aliphatic heterocycles. The molecule has 2 fully saturated rings. The van der Waals surface area contributed by atoms with Crippen LogP contribution in [-0.4, -0.2) is 46.0 Å². The Labute approximate surface area is 134 Å². The predicted octanol–water partition coefficient (Wildman–Crippen LogP) is 1.29. The average molecular weight is 376 g/mol. The molecule has 116 valence electrons. The molecule has 4 atom stereocenters. The molecule has 6 nitrogen and oxygen atoms in total. The van der Waals surface area contributed by atoms with E-state index in [4.69, 9.17) is 5.73 Å². The van der Waals surface area contributed by atoms with Crippen molar-refractivity contribution in [2.24, 2.45) is 16.4 Å². The van der Waals surface area contributed by atoms with Crippen LogP contribution in [-0.2, 0) is 14.4 Å². The summed E-state index contributed by atoms with van der Waals surface area (Å²) in [5.41, 5.74) is 5.36. The van der Waals surface area contributed by atoms with Crippen LogP contribution in [0.1, 0.15) is 32.1 Å². The van der Waals surface area contributed by atoms with Crippen LogP contribution in [0.5, 0.6) is 0 Å². The maximum atomic E-state index is 12.7. The number of carbonyl (C=O) groups excluding carboxylic acids is 3. The Morgan fingerprint density at radius 2 is 2.14 bits per heavy atom. The van der Waals surface area contributed by atoms with E-state index >= 15 is 0 Å². The summed E-state index contributed by atoms with van der Waals surface area (Å²) in [5.74, 6) is -0.482. The average Bonchev–Trinajstić information content (AvgIpc) is 2.93. The summed E-state index contributed by atoms with van der Waals surface area (Å²) in [7, 11) is 3.11. The topological polar surface area (TPSA) is 92.8 Å². The van der Waals surface area contributed by atoms with Crippen molar-refractivity contribution in [3.05, 3.63) is 0 Å². The Hall–Kier alpha value is -0.810. The lowest BCUT2D eigenvalue weighted by Gasteiger charge is -2.32. The first kappa shape index (κ1) is 16.6. The Morgan fingerprint density at radius 3 is 2.71 bits per heavy atom. The molecule has 0 aromatic heterocycles. The molecule has 8 heteroatoms. The van der Waals surface area contributed by atoms with Crippen LogP contribution < -0.4 is 5.73 Å². The lowest BCUT2D eigenvalue weighted by atomic mass is 9.83. The third-order valence-electron chi connectivity index (χ3n) is 4.32. The molecule has 2 aliphatic rings. The fourth-order valence-corrected chi connectivity index (χ4v) is 4.17. The van der Waals surface area contributed by atoms with E-state index in [0.717, 1.165) is 6.42 Å². The standard InChI is InChI=1S/C13H19BrN3O3P/c14-8-6-7(3-4-10(8)18)11(16-21)13(20)17-5-1-2-9(17)12(15)19/h7-9,11,21H,1-6H2,(H2,15,19). The highest BCUT2D eigenvalue weighted by molar-refractivity contribution is 9.10. The number of Topliss-reactive ketones (excluding diaryl/α,β-unsaturated/α-hetero) is 1. The molecule has 2 N–H and O–H groups in total. The van der Waals surface area contributed by atoms with Crippen LogP contribution in [0.4, 0.5) is 0 Å². The highest BCUT2D eigenvalue weighted by Crippen LogP contribution is 2.32. The monoisotopic (exact) mass is 375 g/mol. The first-order valence-corrected chi connectivity index (χ1v) is 8.45. The van der Waals surface area contributed by atoms with Gasteiger partial charge in [-0.15, -0.1) is 0 Å². The molecule has 1 saturated heterocycles. The molecule has 0 aromatic carbocycles. The van der Waals surface area contributed by atoms with E-state index in [0.29, 0.717) is 32.2 Å². The second kappa shape index (κ2) is 6.97. The van der Waals surface area contributed by atoms with Gasteiger partial charge in [0.2, 0.25) is 11.8 Å². The van der Waals surface area contributed by atoms with E-state index in [1.54, 1.807) is 0 Å². The Bertz CT molecular complexity index is 474. The minimum absolute atomic E-state index is 0.00815. The smallest absolute Gasteiger partial charge is 0.248 e. The summed E-state index contributed by atoms with van der Waals surface area (Å²) in [6.07, 6.45) is 3.06. The summed E-state index contributed by atoms with van der Waals surface area (Å²) in [6, 6.07) is -1.10. The van der Waals surface area contributed by atoms with Crippen molar-refractivity contribution in [1.82, 2.24) is 4.90 Å². The number of hydrogen-bond acceptors (Lipinski definition) is 4. The van der Waals surface area contributed by atoms with Gasteiger partial charge in [0, 0.05) is 13.0 Å². The number of carbonyl (C=O) groups is 3. The molecular formula is C13H19BrN3O3P. The summed E-state index contributed by atoms with van der Waals surface area (Å²) >= 11 is 3.35. The van der Waals surface area contributed by atoms with Crippen LogP contribution in [0, 0.1) is 5.92 Å². The fourth-order valence-electron chi connectivity index (χ4n) is 3.14. The van der Waals surface area contributed by atoms with Gasteiger partial charge < -0.3 is 10.6 Å². The van der Waals surface area contributed by atoms with E-state index < -0.39 is 18.0 Å². The van der Waals surface area contributed by atoms with Gasteiger partial charge in [-0.2, -0.15) is 0 Å². The Balaban J connectivity index is 2.10. The third-order valence-corrected chi connectivity index (χ3v) is 5.49. The number of amides is 2. The summed E-state index contributed by atoms with van der Waals surface area (Å²) in [6.45, 7) is 0.536. The highest BCUT2D eigenvalue weighted by atomic mass is 79.9. The van der Waals surface area contributed by atoms with Gasteiger partial charge in [-0.1, -0.05) is 15.9 Å². The van der Waals surface area contributed by atoms with Crippen molar-refractivity contribution in [2.45, 2.75) is 49.0 Å². The van der Waals surface area contributed by atoms with Crippen molar-refractivity contribution in [3.63, 3.8) is 0 Å².